The van der Waals surface area contributed by atoms with Crippen molar-refractivity contribution in [2.75, 3.05) is 6.61 Å². The third-order valence-corrected chi connectivity index (χ3v) is 2.93. The van der Waals surface area contributed by atoms with E-state index in [2.05, 4.69) is 19.2 Å². The predicted molar refractivity (Wildman–Crippen MR) is 87.2 cm³/mol. The Bertz CT molecular complexity index is 490. The Morgan fingerprint density at radius 3 is 2.76 bits per heavy atom. The highest BCUT2D eigenvalue weighted by atomic mass is 16.5. The van der Waals surface area contributed by atoms with E-state index in [4.69, 9.17) is 4.74 Å². The molecule has 114 valence electrons. The second-order valence-electron chi connectivity index (χ2n) is 5.24. The normalized spacial score (nSPS) is 11.4. The van der Waals surface area contributed by atoms with Crippen LogP contribution in [0, 0.1) is 5.92 Å². The van der Waals surface area contributed by atoms with Crippen molar-refractivity contribution in [1.29, 1.82) is 0 Å². The van der Waals surface area contributed by atoms with Crippen LogP contribution in [0.3, 0.4) is 0 Å². The fourth-order valence-corrected chi connectivity index (χ4v) is 1.69. The maximum absolute atomic E-state index is 11.6. The lowest BCUT2D eigenvalue weighted by atomic mass is 10.1. The molecule has 0 aliphatic carbocycles. The van der Waals surface area contributed by atoms with Gasteiger partial charge in [0.15, 0.2) is 0 Å². The van der Waals surface area contributed by atoms with E-state index in [1.165, 1.54) is 6.08 Å². The fraction of sp³-hybridized carbons (Fsp3) is 0.389. The molecular formula is C18H25NO2. The standard InChI is InChI=1S/C18H25NO2/c1-4-5-6-11-18(20)19-14-16-9-7-8-10-17(16)21-13-12-15(2)3/h4-11,15H,12-14H2,1-3H3,(H,19,20). The monoisotopic (exact) mass is 287 g/mol. The van der Waals surface area contributed by atoms with Crippen LogP contribution in [0.1, 0.15) is 32.8 Å². The molecule has 1 aromatic rings. The Balaban J connectivity index is 2.52. The zero-order chi connectivity index (χ0) is 15.5. The van der Waals surface area contributed by atoms with E-state index in [1.54, 1.807) is 6.08 Å². The van der Waals surface area contributed by atoms with Crippen LogP contribution in [0.25, 0.3) is 0 Å². The minimum Gasteiger partial charge on any atom is -0.493 e. The van der Waals surface area contributed by atoms with Crippen molar-refractivity contribution >= 4 is 5.91 Å². The molecule has 1 aromatic carbocycles. The molecule has 0 unspecified atom stereocenters. The Labute approximate surface area is 127 Å². The van der Waals surface area contributed by atoms with Gasteiger partial charge < -0.3 is 10.1 Å². The highest BCUT2D eigenvalue weighted by molar-refractivity contribution is 5.87. The summed E-state index contributed by atoms with van der Waals surface area (Å²) in [6.07, 6.45) is 7.96. The molecule has 0 fully saturated rings. The van der Waals surface area contributed by atoms with Gasteiger partial charge in [0, 0.05) is 18.2 Å². The van der Waals surface area contributed by atoms with Gasteiger partial charge in [-0.1, -0.05) is 50.3 Å². The Morgan fingerprint density at radius 2 is 2.05 bits per heavy atom. The lowest BCUT2D eigenvalue weighted by Gasteiger charge is -2.12. The summed E-state index contributed by atoms with van der Waals surface area (Å²) in [6.45, 7) is 7.42. The van der Waals surface area contributed by atoms with Gasteiger partial charge in [0.25, 0.3) is 0 Å². The number of hydrogen-bond donors (Lipinski definition) is 1. The highest BCUT2D eigenvalue weighted by Crippen LogP contribution is 2.18. The summed E-state index contributed by atoms with van der Waals surface area (Å²) in [7, 11) is 0. The average molecular weight is 287 g/mol. The summed E-state index contributed by atoms with van der Waals surface area (Å²) in [6, 6.07) is 7.81. The molecule has 0 aliphatic rings. The molecule has 0 saturated carbocycles. The molecule has 3 heteroatoms. The van der Waals surface area contributed by atoms with E-state index in [0.717, 1.165) is 17.7 Å². The van der Waals surface area contributed by atoms with Gasteiger partial charge in [-0.15, -0.1) is 0 Å². The predicted octanol–water partition coefficient (Wildman–Crippen LogP) is 3.86. The molecule has 0 atom stereocenters. The lowest BCUT2D eigenvalue weighted by Crippen LogP contribution is -2.20. The molecule has 0 radical (unpaired) electrons. The number of carbonyl (C=O) groups is 1. The molecule has 0 saturated heterocycles. The van der Waals surface area contributed by atoms with Gasteiger partial charge in [0.05, 0.1) is 6.61 Å². The number of carbonyl (C=O) groups excluding carboxylic acids is 1. The third kappa shape index (κ3) is 7.35. The number of para-hydroxylation sites is 1. The quantitative estimate of drug-likeness (QED) is 0.582. The van der Waals surface area contributed by atoms with Crippen LogP contribution in [0.5, 0.6) is 5.75 Å². The van der Waals surface area contributed by atoms with Crippen molar-refractivity contribution in [1.82, 2.24) is 5.32 Å². The number of benzene rings is 1. The summed E-state index contributed by atoms with van der Waals surface area (Å²) < 4.78 is 5.80. The minimum absolute atomic E-state index is 0.106. The van der Waals surface area contributed by atoms with Gasteiger partial charge in [-0.2, -0.15) is 0 Å². The van der Waals surface area contributed by atoms with E-state index >= 15 is 0 Å². The first kappa shape index (κ1) is 17.0. The van der Waals surface area contributed by atoms with Crippen LogP contribution in [0.15, 0.2) is 48.6 Å². The van der Waals surface area contributed by atoms with E-state index in [-0.39, 0.29) is 5.91 Å². The summed E-state index contributed by atoms with van der Waals surface area (Å²) in [5.41, 5.74) is 0.994. The molecule has 0 bridgehead atoms. The molecule has 0 aromatic heterocycles. The first-order valence-corrected chi connectivity index (χ1v) is 7.41. The number of nitrogens with one attached hydrogen (secondary N) is 1. The van der Waals surface area contributed by atoms with Gasteiger partial charge in [0.1, 0.15) is 5.75 Å². The van der Waals surface area contributed by atoms with Crippen LogP contribution in [-0.2, 0) is 11.3 Å². The summed E-state index contributed by atoms with van der Waals surface area (Å²) in [5.74, 6) is 1.36. The van der Waals surface area contributed by atoms with E-state index in [1.807, 2.05) is 43.3 Å². The lowest BCUT2D eigenvalue weighted by molar-refractivity contribution is -0.116. The SMILES string of the molecule is CC=CC=CC(=O)NCc1ccccc1OCCC(C)C. The smallest absolute Gasteiger partial charge is 0.244 e. The molecule has 21 heavy (non-hydrogen) atoms. The van der Waals surface area contributed by atoms with Crippen molar-refractivity contribution in [2.24, 2.45) is 5.92 Å². The summed E-state index contributed by atoms with van der Waals surface area (Å²) in [4.78, 5) is 11.6. The molecule has 0 heterocycles. The van der Waals surface area contributed by atoms with Gasteiger partial charge >= 0.3 is 0 Å². The van der Waals surface area contributed by atoms with E-state index in [0.29, 0.717) is 19.1 Å². The molecule has 0 aliphatic heterocycles. The highest BCUT2D eigenvalue weighted by Gasteiger charge is 2.04. The molecule has 1 N–H and O–H groups in total. The van der Waals surface area contributed by atoms with Crippen LogP contribution in [0.2, 0.25) is 0 Å². The fourth-order valence-electron chi connectivity index (χ4n) is 1.69. The van der Waals surface area contributed by atoms with Gasteiger partial charge in [-0.05, 0) is 25.3 Å². The first-order valence-electron chi connectivity index (χ1n) is 7.41. The van der Waals surface area contributed by atoms with Gasteiger partial charge in [0.2, 0.25) is 5.91 Å². The second kappa shape index (κ2) is 9.81. The van der Waals surface area contributed by atoms with Gasteiger partial charge in [-0.3, -0.25) is 4.79 Å². The molecular weight excluding hydrogens is 262 g/mol. The summed E-state index contributed by atoms with van der Waals surface area (Å²) in [5, 5.41) is 2.86. The zero-order valence-electron chi connectivity index (χ0n) is 13.1. The first-order chi connectivity index (χ1) is 10.1. The molecule has 1 amide bonds. The number of hydrogen-bond acceptors (Lipinski definition) is 2. The third-order valence-electron chi connectivity index (χ3n) is 2.93. The maximum Gasteiger partial charge on any atom is 0.244 e. The van der Waals surface area contributed by atoms with Crippen LogP contribution in [-0.4, -0.2) is 12.5 Å². The second-order valence-corrected chi connectivity index (χ2v) is 5.24. The Morgan fingerprint density at radius 1 is 1.29 bits per heavy atom. The van der Waals surface area contributed by atoms with Gasteiger partial charge in [-0.25, -0.2) is 0 Å². The van der Waals surface area contributed by atoms with E-state index < -0.39 is 0 Å². The summed E-state index contributed by atoms with van der Waals surface area (Å²) >= 11 is 0. The molecule has 1 rings (SSSR count). The minimum atomic E-state index is -0.106. The van der Waals surface area contributed by atoms with E-state index in [9.17, 15) is 4.79 Å². The van der Waals surface area contributed by atoms with Crippen LogP contribution >= 0.6 is 0 Å². The number of amides is 1. The molecule has 3 nitrogen and oxygen atoms in total. The largest absolute Gasteiger partial charge is 0.493 e. The van der Waals surface area contributed by atoms with Crippen LogP contribution < -0.4 is 10.1 Å². The van der Waals surface area contributed by atoms with Crippen molar-refractivity contribution in [3.05, 3.63) is 54.1 Å². The topological polar surface area (TPSA) is 38.3 Å². The van der Waals surface area contributed by atoms with Crippen molar-refractivity contribution in [3.8, 4) is 5.75 Å². The van der Waals surface area contributed by atoms with Crippen molar-refractivity contribution < 1.29 is 9.53 Å². The zero-order valence-corrected chi connectivity index (χ0v) is 13.1. The number of rotatable bonds is 8. The Hall–Kier alpha value is -2.03. The number of allylic oxidation sites excluding steroid dienone is 3. The van der Waals surface area contributed by atoms with Crippen molar-refractivity contribution in [2.45, 2.75) is 33.7 Å². The number of ether oxygens (including phenoxy) is 1. The van der Waals surface area contributed by atoms with Crippen LogP contribution in [0.4, 0.5) is 0 Å². The van der Waals surface area contributed by atoms with Crippen molar-refractivity contribution in [3.63, 3.8) is 0 Å². The maximum atomic E-state index is 11.6. The molecule has 0 spiro atoms. The Kier molecular flexibility index (Phi) is 7.95. The average Bonchev–Trinajstić information content (AvgIpc) is 2.46.